The maximum atomic E-state index is 12.7. The fraction of sp³-hybridized carbons (Fsp3) is 0.458. The number of piperidine rings is 1. The van der Waals surface area contributed by atoms with E-state index in [1.807, 2.05) is 0 Å². The van der Waals surface area contributed by atoms with Crippen LogP contribution in [-0.4, -0.2) is 47.5 Å². The second-order valence-corrected chi connectivity index (χ2v) is 8.55. The molecule has 1 saturated heterocycles. The van der Waals surface area contributed by atoms with Crippen molar-refractivity contribution >= 4 is 17.6 Å². The summed E-state index contributed by atoms with van der Waals surface area (Å²) in [5.74, 6) is 0.367. The SMILES string of the molecule is NC(C(=O)NCC1CCCc2ccccc21)C1CCN(C(=O)Nc2ccncc2)CC1. The van der Waals surface area contributed by atoms with E-state index in [1.165, 1.54) is 11.1 Å². The highest BCUT2D eigenvalue weighted by Gasteiger charge is 2.31. The summed E-state index contributed by atoms with van der Waals surface area (Å²) in [5, 5.41) is 5.97. The van der Waals surface area contributed by atoms with Crippen LogP contribution >= 0.6 is 0 Å². The van der Waals surface area contributed by atoms with Gasteiger partial charge in [0.2, 0.25) is 5.91 Å². The lowest BCUT2D eigenvalue weighted by Crippen LogP contribution is -2.51. The van der Waals surface area contributed by atoms with Crippen molar-refractivity contribution in [2.45, 2.75) is 44.1 Å². The predicted octanol–water partition coefficient (Wildman–Crippen LogP) is 2.89. The van der Waals surface area contributed by atoms with Gasteiger partial charge in [-0.15, -0.1) is 0 Å². The minimum Gasteiger partial charge on any atom is -0.354 e. The summed E-state index contributed by atoms with van der Waals surface area (Å²) in [6, 6.07) is 11.4. The molecule has 1 aliphatic heterocycles. The molecule has 4 N–H and O–H groups in total. The Morgan fingerprint density at radius 1 is 1.10 bits per heavy atom. The number of nitrogens with one attached hydrogen (secondary N) is 2. The quantitative estimate of drug-likeness (QED) is 0.691. The van der Waals surface area contributed by atoms with Gasteiger partial charge in [-0.05, 0) is 61.3 Å². The third-order valence-corrected chi connectivity index (χ3v) is 6.59. The number of nitrogens with two attached hydrogens (primary N) is 1. The first-order valence-corrected chi connectivity index (χ1v) is 11.2. The first kappa shape index (κ1) is 21.3. The van der Waals surface area contributed by atoms with E-state index in [1.54, 1.807) is 29.4 Å². The lowest BCUT2D eigenvalue weighted by molar-refractivity contribution is -0.123. The van der Waals surface area contributed by atoms with Crippen LogP contribution in [0.15, 0.2) is 48.8 Å². The first-order valence-electron chi connectivity index (χ1n) is 11.2. The van der Waals surface area contributed by atoms with Crippen molar-refractivity contribution in [2.24, 2.45) is 11.7 Å². The summed E-state index contributed by atoms with van der Waals surface area (Å²) in [6.07, 6.45) is 8.11. The molecule has 164 valence electrons. The monoisotopic (exact) mass is 421 g/mol. The summed E-state index contributed by atoms with van der Waals surface area (Å²) in [6.45, 7) is 1.83. The highest BCUT2D eigenvalue weighted by atomic mass is 16.2. The molecule has 4 rings (SSSR count). The largest absolute Gasteiger partial charge is 0.354 e. The highest BCUT2D eigenvalue weighted by Crippen LogP contribution is 2.31. The molecular weight excluding hydrogens is 390 g/mol. The van der Waals surface area contributed by atoms with E-state index in [9.17, 15) is 9.59 Å². The molecule has 0 spiro atoms. The van der Waals surface area contributed by atoms with Gasteiger partial charge in [0.25, 0.3) is 0 Å². The van der Waals surface area contributed by atoms with Gasteiger partial charge in [-0.3, -0.25) is 9.78 Å². The number of carbonyl (C=O) groups excluding carboxylic acids is 2. The zero-order valence-electron chi connectivity index (χ0n) is 17.8. The number of amides is 3. The average Bonchev–Trinajstić information content (AvgIpc) is 2.82. The van der Waals surface area contributed by atoms with Crippen molar-refractivity contribution in [3.8, 4) is 0 Å². The lowest BCUT2D eigenvalue weighted by atomic mass is 9.82. The molecule has 7 heteroatoms. The molecule has 1 fully saturated rings. The summed E-state index contributed by atoms with van der Waals surface area (Å²) in [4.78, 5) is 30.9. The molecule has 1 aromatic heterocycles. The van der Waals surface area contributed by atoms with E-state index in [0.717, 1.165) is 37.8 Å². The molecule has 2 aliphatic rings. The van der Waals surface area contributed by atoms with Gasteiger partial charge < -0.3 is 21.3 Å². The van der Waals surface area contributed by atoms with Gasteiger partial charge in [0.15, 0.2) is 0 Å². The Morgan fingerprint density at radius 2 is 1.84 bits per heavy atom. The molecule has 0 radical (unpaired) electrons. The minimum atomic E-state index is -0.538. The summed E-state index contributed by atoms with van der Waals surface area (Å²) in [7, 11) is 0. The van der Waals surface area contributed by atoms with Crippen LogP contribution in [0.25, 0.3) is 0 Å². The van der Waals surface area contributed by atoms with Gasteiger partial charge in [0, 0.05) is 43.6 Å². The predicted molar refractivity (Wildman–Crippen MR) is 121 cm³/mol. The normalized spacial score (nSPS) is 19.9. The summed E-state index contributed by atoms with van der Waals surface area (Å²) in [5.41, 5.74) is 9.79. The third kappa shape index (κ3) is 5.22. The molecule has 31 heavy (non-hydrogen) atoms. The Labute approximate surface area is 183 Å². The topological polar surface area (TPSA) is 100 Å². The number of benzene rings is 1. The van der Waals surface area contributed by atoms with Crippen molar-refractivity contribution in [2.75, 3.05) is 25.0 Å². The number of hydrogen-bond donors (Lipinski definition) is 3. The van der Waals surface area contributed by atoms with Crippen LogP contribution in [0.1, 0.15) is 42.7 Å². The fourth-order valence-corrected chi connectivity index (χ4v) is 4.72. The van der Waals surface area contributed by atoms with Crippen molar-refractivity contribution in [3.63, 3.8) is 0 Å². The van der Waals surface area contributed by atoms with Crippen LogP contribution in [0.3, 0.4) is 0 Å². The lowest BCUT2D eigenvalue weighted by Gasteiger charge is -2.34. The van der Waals surface area contributed by atoms with Crippen LogP contribution in [0.2, 0.25) is 0 Å². The second-order valence-electron chi connectivity index (χ2n) is 8.55. The summed E-state index contributed by atoms with van der Waals surface area (Å²) < 4.78 is 0. The number of carbonyl (C=O) groups is 2. The third-order valence-electron chi connectivity index (χ3n) is 6.59. The maximum Gasteiger partial charge on any atom is 0.321 e. The second kappa shape index (κ2) is 9.92. The van der Waals surface area contributed by atoms with Gasteiger partial charge in [0.05, 0.1) is 6.04 Å². The number of urea groups is 1. The molecule has 2 atom stereocenters. The van der Waals surface area contributed by atoms with Gasteiger partial charge in [-0.2, -0.15) is 0 Å². The standard InChI is InChI=1S/C24H31N5O2/c25-22(23(30)27-16-19-6-3-5-17-4-1-2-7-21(17)19)18-10-14-29(15-11-18)24(31)28-20-8-12-26-13-9-20/h1-2,4,7-9,12-13,18-19,22H,3,5-6,10-11,14-16,25H2,(H,27,30)(H,26,28,31). The number of likely N-dealkylation sites (tertiary alicyclic amines) is 1. The number of anilines is 1. The maximum absolute atomic E-state index is 12.7. The molecule has 2 unspecified atom stereocenters. The Bertz CT molecular complexity index is 896. The van der Waals surface area contributed by atoms with E-state index in [4.69, 9.17) is 5.73 Å². The number of nitrogens with zero attached hydrogens (tertiary/aromatic N) is 2. The first-order chi connectivity index (χ1) is 15.1. The van der Waals surface area contributed by atoms with Crippen molar-refractivity contribution in [3.05, 3.63) is 59.9 Å². The molecule has 0 bridgehead atoms. The molecule has 7 nitrogen and oxygen atoms in total. The van der Waals surface area contributed by atoms with Crippen LogP contribution < -0.4 is 16.4 Å². The van der Waals surface area contributed by atoms with Gasteiger partial charge in [-0.1, -0.05) is 24.3 Å². The van der Waals surface area contributed by atoms with E-state index < -0.39 is 6.04 Å². The molecule has 1 aromatic carbocycles. The number of aryl methyl sites for hydroxylation is 1. The van der Waals surface area contributed by atoms with Crippen LogP contribution in [0.4, 0.5) is 10.5 Å². The number of fused-ring (bicyclic) bond motifs is 1. The highest BCUT2D eigenvalue weighted by molar-refractivity contribution is 5.89. The van der Waals surface area contributed by atoms with Gasteiger partial charge in [0.1, 0.15) is 0 Å². The Balaban J connectivity index is 1.24. The molecule has 0 saturated carbocycles. The van der Waals surface area contributed by atoms with Crippen LogP contribution in [0, 0.1) is 5.92 Å². The van der Waals surface area contributed by atoms with E-state index in [2.05, 4.69) is 39.9 Å². The van der Waals surface area contributed by atoms with Crippen molar-refractivity contribution < 1.29 is 9.59 Å². The molecule has 3 amide bonds. The smallest absolute Gasteiger partial charge is 0.321 e. The number of aromatic nitrogens is 1. The minimum absolute atomic E-state index is 0.0808. The van der Waals surface area contributed by atoms with E-state index in [0.29, 0.717) is 25.6 Å². The number of hydrogen-bond acceptors (Lipinski definition) is 4. The van der Waals surface area contributed by atoms with Crippen molar-refractivity contribution in [1.29, 1.82) is 0 Å². The Kier molecular flexibility index (Phi) is 6.82. The number of pyridine rings is 1. The summed E-state index contributed by atoms with van der Waals surface area (Å²) >= 11 is 0. The molecule has 1 aliphatic carbocycles. The van der Waals surface area contributed by atoms with E-state index in [-0.39, 0.29) is 17.9 Å². The van der Waals surface area contributed by atoms with Gasteiger partial charge in [-0.25, -0.2) is 4.79 Å². The molecular formula is C24H31N5O2. The van der Waals surface area contributed by atoms with Crippen LogP contribution in [0.5, 0.6) is 0 Å². The molecule has 2 heterocycles. The fourth-order valence-electron chi connectivity index (χ4n) is 4.72. The molecule has 2 aromatic rings. The Hall–Kier alpha value is -2.93. The Morgan fingerprint density at radius 3 is 2.61 bits per heavy atom. The van der Waals surface area contributed by atoms with Crippen molar-refractivity contribution in [1.82, 2.24) is 15.2 Å². The zero-order chi connectivity index (χ0) is 21.6. The van der Waals surface area contributed by atoms with Crippen LogP contribution in [-0.2, 0) is 11.2 Å². The zero-order valence-corrected chi connectivity index (χ0v) is 17.8. The van der Waals surface area contributed by atoms with E-state index >= 15 is 0 Å². The number of rotatable bonds is 5. The average molecular weight is 422 g/mol. The van der Waals surface area contributed by atoms with Gasteiger partial charge >= 0.3 is 6.03 Å².